The van der Waals surface area contributed by atoms with Gasteiger partial charge < -0.3 is 5.11 Å². The molecule has 21 heavy (non-hydrogen) atoms. The lowest BCUT2D eigenvalue weighted by Gasteiger charge is -2.03. The highest BCUT2D eigenvalue weighted by Crippen LogP contribution is 2.38. The summed E-state index contributed by atoms with van der Waals surface area (Å²) in [6, 6.07) is 0. The van der Waals surface area contributed by atoms with Crippen LogP contribution < -0.4 is 0 Å². The van der Waals surface area contributed by atoms with Crippen molar-refractivity contribution in [1.82, 2.24) is 19.9 Å². The maximum Gasteiger partial charge on any atom is 0.346 e. The first kappa shape index (κ1) is 14.2. The van der Waals surface area contributed by atoms with Crippen molar-refractivity contribution in [3.63, 3.8) is 0 Å². The molecule has 3 rings (SSSR count). The van der Waals surface area contributed by atoms with Crippen LogP contribution in [-0.4, -0.2) is 31.0 Å². The van der Waals surface area contributed by atoms with E-state index in [-0.39, 0.29) is 4.88 Å². The summed E-state index contributed by atoms with van der Waals surface area (Å²) in [5, 5.41) is 11.5. The average molecular weight is 339 g/mol. The molecule has 0 spiro atoms. The minimum atomic E-state index is -0.966. The van der Waals surface area contributed by atoms with Gasteiger partial charge in [0.25, 0.3) is 0 Å². The Bertz CT molecular complexity index is 852. The highest BCUT2D eigenvalue weighted by molar-refractivity contribution is 7.99. The van der Waals surface area contributed by atoms with Crippen LogP contribution in [0.5, 0.6) is 0 Å². The topological polar surface area (TPSA) is 88.9 Å². The SMILES string of the molecule is Cc1c(C(=O)O)sc2ncnc(Sc3ncncc3Cl)c12. The molecule has 3 aromatic rings. The van der Waals surface area contributed by atoms with Crippen LogP contribution in [0.25, 0.3) is 10.2 Å². The molecule has 0 unspecified atom stereocenters. The smallest absolute Gasteiger partial charge is 0.346 e. The van der Waals surface area contributed by atoms with Gasteiger partial charge in [-0.2, -0.15) is 0 Å². The number of halogens is 1. The van der Waals surface area contributed by atoms with E-state index in [1.807, 2.05) is 0 Å². The predicted molar refractivity (Wildman–Crippen MR) is 80.3 cm³/mol. The summed E-state index contributed by atoms with van der Waals surface area (Å²) in [5.41, 5.74) is 0.649. The van der Waals surface area contributed by atoms with E-state index in [1.165, 1.54) is 30.6 Å². The summed E-state index contributed by atoms with van der Waals surface area (Å²) in [7, 11) is 0. The lowest BCUT2D eigenvalue weighted by atomic mass is 10.2. The van der Waals surface area contributed by atoms with E-state index in [1.54, 1.807) is 6.92 Å². The predicted octanol–water partition coefficient (Wildman–Crippen LogP) is 3.29. The summed E-state index contributed by atoms with van der Waals surface area (Å²) in [4.78, 5) is 28.4. The Morgan fingerprint density at radius 3 is 2.76 bits per heavy atom. The molecule has 0 aliphatic rings. The van der Waals surface area contributed by atoms with Gasteiger partial charge in [0.15, 0.2) is 0 Å². The normalized spacial score (nSPS) is 11.0. The summed E-state index contributed by atoms with van der Waals surface area (Å²) in [5.74, 6) is -0.966. The molecular formula is C12H7ClN4O2S2. The number of aromatic carboxylic acids is 1. The van der Waals surface area contributed by atoms with Crippen LogP contribution in [-0.2, 0) is 0 Å². The number of aromatic nitrogens is 4. The van der Waals surface area contributed by atoms with Crippen molar-refractivity contribution in [2.45, 2.75) is 17.0 Å². The first-order valence-electron chi connectivity index (χ1n) is 5.68. The number of rotatable bonds is 3. The third-order valence-electron chi connectivity index (χ3n) is 2.71. The number of fused-ring (bicyclic) bond motifs is 1. The van der Waals surface area contributed by atoms with Crippen LogP contribution in [0.15, 0.2) is 28.9 Å². The third-order valence-corrected chi connectivity index (χ3v) is 5.31. The first-order valence-corrected chi connectivity index (χ1v) is 7.69. The van der Waals surface area contributed by atoms with Gasteiger partial charge in [-0.25, -0.2) is 24.7 Å². The quantitative estimate of drug-likeness (QED) is 0.733. The highest BCUT2D eigenvalue weighted by atomic mass is 35.5. The highest BCUT2D eigenvalue weighted by Gasteiger charge is 2.19. The maximum absolute atomic E-state index is 11.2. The molecule has 0 fully saturated rings. The summed E-state index contributed by atoms with van der Waals surface area (Å²) in [6.45, 7) is 1.75. The Kier molecular flexibility index (Phi) is 3.75. The van der Waals surface area contributed by atoms with Crippen molar-refractivity contribution < 1.29 is 9.90 Å². The number of thiophene rings is 1. The van der Waals surface area contributed by atoms with Gasteiger partial charge >= 0.3 is 5.97 Å². The molecule has 3 aromatic heterocycles. The van der Waals surface area contributed by atoms with Crippen molar-refractivity contribution in [2.24, 2.45) is 0 Å². The van der Waals surface area contributed by atoms with Crippen LogP contribution in [0.3, 0.4) is 0 Å². The molecule has 0 saturated carbocycles. The van der Waals surface area contributed by atoms with E-state index in [0.717, 1.165) is 16.7 Å². The Morgan fingerprint density at radius 1 is 1.29 bits per heavy atom. The van der Waals surface area contributed by atoms with Gasteiger partial charge in [-0.1, -0.05) is 11.6 Å². The van der Waals surface area contributed by atoms with Gasteiger partial charge in [-0.15, -0.1) is 11.3 Å². The summed E-state index contributed by atoms with van der Waals surface area (Å²) in [6.07, 6.45) is 4.30. The standard InChI is InChI=1S/C12H7ClN4O2S2/c1-5-7-10(20-8(5)12(18)19)16-4-17-11(7)21-9-6(13)2-14-3-15-9/h2-4H,1H3,(H,18,19). The second-order valence-electron chi connectivity index (χ2n) is 4.00. The van der Waals surface area contributed by atoms with Gasteiger partial charge in [0, 0.05) is 5.39 Å². The van der Waals surface area contributed by atoms with Crippen LogP contribution in [0.4, 0.5) is 0 Å². The molecule has 106 valence electrons. The zero-order chi connectivity index (χ0) is 15.0. The van der Waals surface area contributed by atoms with Crippen LogP contribution >= 0.6 is 34.7 Å². The molecule has 0 aliphatic carbocycles. The van der Waals surface area contributed by atoms with Crippen molar-refractivity contribution in [1.29, 1.82) is 0 Å². The number of hydrogen-bond acceptors (Lipinski definition) is 7. The van der Waals surface area contributed by atoms with Crippen LogP contribution in [0, 0.1) is 6.92 Å². The fourth-order valence-electron chi connectivity index (χ4n) is 1.79. The van der Waals surface area contributed by atoms with Gasteiger partial charge in [-0.3, -0.25) is 0 Å². The van der Waals surface area contributed by atoms with E-state index in [4.69, 9.17) is 11.6 Å². The molecule has 0 aromatic carbocycles. The fraction of sp³-hybridized carbons (Fsp3) is 0.0833. The summed E-state index contributed by atoms with van der Waals surface area (Å²) >= 11 is 8.43. The van der Waals surface area contributed by atoms with E-state index in [9.17, 15) is 9.90 Å². The van der Waals surface area contributed by atoms with E-state index in [2.05, 4.69) is 19.9 Å². The molecule has 0 radical (unpaired) electrons. The second-order valence-corrected chi connectivity index (χ2v) is 6.38. The lowest BCUT2D eigenvalue weighted by Crippen LogP contribution is -1.94. The first-order chi connectivity index (χ1) is 10.1. The average Bonchev–Trinajstić information content (AvgIpc) is 2.80. The zero-order valence-corrected chi connectivity index (χ0v) is 13.0. The molecular weight excluding hydrogens is 332 g/mol. The molecule has 0 bridgehead atoms. The Hall–Kier alpha value is -1.77. The number of carboxylic acids is 1. The molecule has 9 heteroatoms. The Labute approximate surface area is 132 Å². The van der Waals surface area contributed by atoms with Crippen molar-refractivity contribution >= 4 is 50.9 Å². The Balaban J connectivity index is 2.15. The van der Waals surface area contributed by atoms with Crippen molar-refractivity contribution in [3.05, 3.63) is 34.3 Å². The monoisotopic (exact) mass is 338 g/mol. The van der Waals surface area contributed by atoms with Crippen molar-refractivity contribution in [2.75, 3.05) is 0 Å². The van der Waals surface area contributed by atoms with E-state index < -0.39 is 5.97 Å². The third kappa shape index (κ3) is 2.57. The molecule has 0 atom stereocenters. The number of aryl methyl sites for hydroxylation is 1. The zero-order valence-electron chi connectivity index (χ0n) is 10.6. The minimum Gasteiger partial charge on any atom is -0.477 e. The van der Waals surface area contributed by atoms with Gasteiger partial charge in [0.2, 0.25) is 0 Å². The molecule has 0 aliphatic heterocycles. The number of nitrogens with zero attached hydrogens (tertiary/aromatic N) is 4. The lowest BCUT2D eigenvalue weighted by molar-refractivity contribution is 0.0701. The van der Waals surface area contributed by atoms with Gasteiger partial charge in [-0.05, 0) is 24.2 Å². The van der Waals surface area contributed by atoms with E-state index in [0.29, 0.717) is 25.5 Å². The van der Waals surface area contributed by atoms with Gasteiger partial charge in [0.05, 0.1) is 11.2 Å². The Morgan fingerprint density at radius 2 is 2.05 bits per heavy atom. The molecule has 0 amide bonds. The van der Waals surface area contributed by atoms with Crippen LogP contribution in [0.2, 0.25) is 5.02 Å². The minimum absolute atomic E-state index is 0.265. The molecule has 3 heterocycles. The number of carbonyl (C=O) groups is 1. The molecule has 6 nitrogen and oxygen atoms in total. The molecule has 0 saturated heterocycles. The second kappa shape index (κ2) is 5.55. The maximum atomic E-state index is 11.2. The number of carboxylic acid groups (broad SMARTS) is 1. The van der Waals surface area contributed by atoms with E-state index >= 15 is 0 Å². The number of hydrogen-bond donors (Lipinski definition) is 1. The van der Waals surface area contributed by atoms with Gasteiger partial charge in [0.1, 0.15) is 32.4 Å². The largest absolute Gasteiger partial charge is 0.477 e. The van der Waals surface area contributed by atoms with Crippen LogP contribution in [0.1, 0.15) is 15.2 Å². The fourth-order valence-corrected chi connectivity index (χ4v) is 3.95. The van der Waals surface area contributed by atoms with Crippen molar-refractivity contribution in [3.8, 4) is 0 Å². The summed E-state index contributed by atoms with van der Waals surface area (Å²) < 4.78 is 0. The molecule has 1 N–H and O–H groups in total.